The first-order chi connectivity index (χ1) is 14.0. The smallest absolute Gasteiger partial charge is 0.407 e. The molecule has 2 heterocycles. The quantitative estimate of drug-likeness (QED) is 0.650. The van der Waals surface area contributed by atoms with Gasteiger partial charge in [-0.05, 0) is 24.1 Å². The van der Waals surface area contributed by atoms with Gasteiger partial charge in [-0.2, -0.15) is 0 Å². The molecule has 3 rings (SSSR count). The number of amides is 1. The number of carbonyl (C=O) groups is 1. The average Bonchev–Trinajstić information content (AvgIpc) is 2.71. The summed E-state index contributed by atoms with van der Waals surface area (Å²) in [6.07, 6.45) is 1.98. The molecule has 9 heteroatoms. The van der Waals surface area contributed by atoms with Crippen LogP contribution in [-0.2, 0) is 6.42 Å². The number of benzene rings is 1. The van der Waals surface area contributed by atoms with Gasteiger partial charge in [-0.1, -0.05) is 6.07 Å². The Kier molecular flexibility index (Phi) is 6.71. The highest BCUT2D eigenvalue weighted by Gasteiger charge is 2.25. The summed E-state index contributed by atoms with van der Waals surface area (Å²) in [4.78, 5) is 16.6. The van der Waals surface area contributed by atoms with Gasteiger partial charge in [0, 0.05) is 44.8 Å². The number of nitrogens with zero attached hydrogens (tertiary/aromatic N) is 2. The maximum Gasteiger partial charge on any atom is 0.407 e. The molecule has 0 radical (unpaired) electrons. The SMILES string of the molecule is COc1c(OC2CCN(C(=O)O)CC2)ccnc1Nc1ccc(CCO)cc1F. The van der Waals surface area contributed by atoms with E-state index in [0.717, 1.165) is 0 Å². The first-order valence-corrected chi connectivity index (χ1v) is 9.35. The van der Waals surface area contributed by atoms with Crippen molar-refractivity contribution in [3.8, 4) is 11.5 Å². The zero-order valence-electron chi connectivity index (χ0n) is 16.1. The number of halogens is 1. The van der Waals surface area contributed by atoms with Gasteiger partial charge in [0.2, 0.25) is 5.75 Å². The Labute approximate surface area is 167 Å². The van der Waals surface area contributed by atoms with Gasteiger partial charge < -0.3 is 29.9 Å². The standard InChI is InChI=1S/C20H24FN3O5/c1-28-18-17(29-14-5-9-24(10-6-14)20(26)27)4-8-22-19(18)23-16-3-2-13(7-11-25)12-15(16)21/h2-4,8,12,14,25H,5-7,9-11H2,1H3,(H,22,23)(H,26,27). The molecule has 8 nitrogen and oxygen atoms in total. The van der Waals surface area contributed by atoms with Gasteiger partial charge >= 0.3 is 6.09 Å². The third-order valence-corrected chi connectivity index (χ3v) is 4.77. The Morgan fingerprint density at radius 1 is 1.34 bits per heavy atom. The molecule has 1 aliphatic heterocycles. The number of aliphatic hydroxyl groups excluding tert-OH is 1. The number of aliphatic hydroxyl groups is 1. The molecule has 1 aromatic carbocycles. The molecule has 0 unspecified atom stereocenters. The fraction of sp³-hybridized carbons (Fsp3) is 0.400. The first-order valence-electron chi connectivity index (χ1n) is 9.35. The minimum atomic E-state index is -0.927. The van der Waals surface area contributed by atoms with E-state index in [1.165, 1.54) is 24.3 Å². The fourth-order valence-electron chi connectivity index (χ4n) is 3.23. The largest absolute Gasteiger partial charge is 0.490 e. The molecule has 156 valence electrons. The number of pyridine rings is 1. The van der Waals surface area contributed by atoms with Crippen LogP contribution in [0.15, 0.2) is 30.5 Å². The molecule has 0 saturated carbocycles. The van der Waals surface area contributed by atoms with Crippen LogP contribution in [0.5, 0.6) is 11.5 Å². The lowest BCUT2D eigenvalue weighted by Crippen LogP contribution is -2.41. The average molecular weight is 405 g/mol. The normalized spacial score (nSPS) is 14.5. The third-order valence-electron chi connectivity index (χ3n) is 4.77. The zero-order chi connectivity index (χ0) is 20.8. The summed E-state index contributed by atoms with van der Waals surface area (Å²) < 4.78 is 25.8. The van der Waals surface area contributed by atoms with Crippen molar-refractivity contribution in [2.24, 2.45) is 0 Å². The van der Waals surface area contributed by atoms with Crippen LogP contribution in [0, 0.1) is 5.82 Å². The number of nitrogens with one attached hydrogen (secondary N) is 1. The summed E-state index contributed by atoms with van der Waals surface area (Å²) in [7, 11) is 1.47. The molecule has 1 saturated heterocycles. The van der Waals surface area contributed by atoms with Crippen LogP contribution in [0.4, 0.5) is 20.7 Å². The maximum atomic E-state index is 14.4. The second kappa shape index (κ2) is 9.42. The van der Waals surface area contributed by atoms with Crippen LogP contribution in [-0.4, -0.2) is 59.1 Å². The van der Waals surface area contributed by atoms with Crippen LogP contribution in [0.2, 0.25) is 0 Å². The molecule has 1 aliphatic rings. The van der Waals surface area contributed by atoms with Crippen molar-refractivity contribution in [2.75, 3.05) is 32.1 Å². The number of hydrogen-bond donors (Lipinski definition) is 3. The number of ether oxygens (including phenoxy) is 2. The maximum absolute atomic E-state index is 14.4. The van der Waals surface area contributed by atoms with E-state index >= 15 is 0 Å². The van der Waals surface area contributed by atoms with Gasteiger partial charge in [0.1, 0.15) is 11.9 Å². The van der Waals surface area contributed by atoms with Crippen molar-refractivity contribution in [3.63, 3.8) is 0 Å². The van der Waals surface area contributed by atoms with Crippen LogP contribution in [0.25, 0.3) is 0 Å². The Bertz CT molecular complexity index is 856. The zero-order valence-corrected chi connectivity index (χ0v) is 16.1. The van der Waals surface area contributed by atoms with Crippen molar-refractivity contribution < 1.29 is 28.9 Å². The van der Waals surface area contributed by atoms with Crippen LogP contribution < -0.4 is 14.8 Å². The van der Waals surface area contributed by atoms with Crippen molar-refractivity contribution in [3.05, 3.63) is 41.8 Å². The van der Waals surface area contributed by atoms with Gasteiger partial charge in [0.05, 0.1) is 12.8 Å². The highest BCUT2D eigenvalue weighted by atomic mass is 19.1. The highest BCUT2D eigenvalue weighted by molar-refractivity contribution is 5.67. The van der Waals surface area contributed by atoms with Crippen LogP contribution >= 0.6 is 0 Å². The molecule has 0 bridgehead atoms. The number of likely N-dealkylation sites (tertiary alicyclic amines) is 1. The summed E-state index contributed by atoms with van der Waals surface area (Å²) in [5, 5.41) is 20.9. The summed E-state index contributed by atoms with van der Waals surface area (Å²) in [5.41, 5.74) is 0.921. The van der Waals surface area contributed by atoms with E-state index in [0.29, 0.717) is 55.2 Å². The molecule has 1 aromatic heterocycles. The van der Waals surface area contributed by atoms with Crippen molar-refractivity contribution in [1.82, 2.24) is 9.88 Å². The van der Waals surface area contributed by atoms with Crippen molar-refractivity contribution in [2.45, 2.75) is 25.4 Å². The van der Waals surface area contributed by atoms with E-state index in [2.05, 4.69) is 10.3 Å². The Morgan fingerprint density at radius 3 is 2.72 bits per heavy atom. The molecule has 1 amide bonds. The molecule has 1 fully saturated rings. The number of piperidine rings is 1. The third kappa shape index (κ3) is 5.05. The Balaban J connectivity index is 1.74. The fourth-order valence-corrected chi connectivity index (χ4v) is 3.23. The lowest BCUT2D eigenvalue weighted by atomic mass is 10.1. The van der Waals surface area contributed by atoms with E-state index in [4.69, 9.17) is 19.7 Å². The Hall–Kier alpha value is -3.07. The number of methoxy groups -OCH3 is 1. The van der Waals surface area contributed by atoms with E-state index in [1.54, 1.807) is 18.2 Å². The van der Waals surface area contributed by atoms with Gasteiger partial charge in [-0.3, -0.25) is 0 Å². The number of aromatic nitrogens is 1. The predicted octanol–water partition coefficient (Wildman–Crippen LogP) is 3.03. The monoisotopic (exact) mass is 405 g/mol. The minimum Gasteiger partial charge on any atom is -0.490 e. The highest BCUT2D eigenvalue weighted by Crippen LogP contribution is 2.36. The summed E-state index contributed by atoms with van der Waals surface area (Å²) >= 11 is 0. The first kappa shape index (κ1) is 20.7. The van der Waals surface area contributed by atoms with Crippen LogP contribution in [0.1, 0.15) is 18.4 Å². The molecule has 29 heavy (non-hydrogen) atoms. The van der Waals surface area contributed by atoms with Crippen molar-refractivity contribution >= 4 is 17.6 Å². The van der Waals surface area contributed by atoms with E-state index in [1.807, 2.05) is 0 Å². The van der Waals surface area contributed by atoms with Gasteiger partial charge in [0.25, 0.3) is 0 Å². The summed E-state index contributed by atoms with van der Waals surface area (Å²) in [6.45, 7) is 0.764. The van der Waals surface area contributed by atoms with Crippen molar-refractivity contribution in [1.29, 1.82) is 0 Å². The molecule has 2 aromatic rings. The molecule has 3 N–H and O–H groups in total. The molecule has 0 aliphatic carbocycles. The van der Waals surface area contributed by atoms with Gasteiger partial charge in [0.15, 0.2) is 11.6 Å². The second-order valence-electron chi connectivity index (χ2n) is 6.69. The molecule has 0 atom stereocenters. The van der Waals surface area contributed by atoms with Gasteiger partial charge in [-0.25, -0.2) is 14.2 Å². The minimum absolute atomic E-state index is 0.0492. The Morgan fingerprint density at radius 2 is 2.10 bits per heavy atom. The van der Waals surface area contributed by atoms with Gasteiger partial charge in [-0.15, -0.1) is 0 Å². The lowest BCUT2D eigenvalue weighted by Gasteiger charge is -2.30. The number of rotatable bonds is 7. The number of carboxylic acid groups (broad SMARTS) is 1. The summed E-state index contributed by atoms with van der Waals surface area (Å²) in [6, 6.07) is 6.33. The number of anilines is 2. The van der Waals surface area contributed by atoms with E-state index < -0.39 is 11.9 Å². The van der Waals surface area contributed by atoms with Crippen LogP contribution in [0.3, 0.4) is 0 Å². The molecular weight excluding hydrogens is 381 g/mol. The summed E-state index contributed by atoms with van der Waals surface area (Å²) in [5.74, 6) is 0.636. The predicted molar refractivity (Wildman–Crippen MR) is 105 cm³/mol. The number of hydrogen-bond acceptors (Lipinski definition) is 6. The topological polar surface area (TPSA) is 104 Å². The van der Waals surface area contributed by atoms with E-state index in [-0.39, 0.29) is 18.4 Å². The lowest BCUT2D eigenvalue weighted by molar-refractivity contribution is 0.0878. The molecule has 0 spiro atoms. The molecular formula is C20H24FN3O5. The van der Waals surface area contributed by atoms with E-state index in [9.17, 15) is 9.18 Å². The second-order valence-corrected chi connectivity index (χ2v) is 6.69.